The monoisotopic (exact) mass is 396 g/mol. The average molecular weight is 397 g/mol. The average Bonchev–Trinajstić information content (AvgIpc) is 2.65. The van der Waals surface area contributed by atoms with Gasteiger partial charge in [0, 0.05) is 4.47 Å². The second kappa shape index (κ2) is 7.94. The van der Waals surface area contributed by atoms with E-state index >= 15 is 0 Å². The van der Waals surface area contributed by atoms with Crippen LogP contribution in [-0.2, 0) is 4.79 Å². The third-order valence-electron chi connectivity index (χ3n) is 3.70. The van der Waals surface area contributed by atoms with Gasteiger partial charge in [-0.15, -0.1) is 0 Å². The summed E-state index contributed by atoms with van der Waals surface area (Å²) in [5.41, 5.74) is 4.19. The summed E-state index contributed by atoms with van der Waals surface area (Å²) < 4.78 is 6.54. The minimum atomic E-state index is -0.301. The van der Waals surface area contributed by atoms with E-state index in [2.05, 4.69) is 26.5 Å². The normalized spacial score (nSPS) is 11.4. The van der Waals surface area contributed by atoms with Crippen LogP contribution in [0.3, 0.4) is 0 Å². The van der Waals surface area contributed by atoms with E-state index in [9.17, 15) is 4.79 Å². The summed E-state index contributed by atoms with van der Waals surface area (Å²) in [5.74, 6) is 0.354. The van der Waals surface area contributed by atoms with Gasteiger partial charge in [0.15, 0.2) is 6.61 Å². The van der Waals surface area contributed by atoms with E-state index in [4.69, 9.17) is 4.74 Å². The first-order valence-corrected chi connectivity index (χ1v) is 8.62. The quantitative estimate of drug-likeness (QED) is 0.508. The second-order valence-electron chi connectivity index (χ2n) is 5.54. The second-order valence-corrected chi connectivity index (χ2v) is 6.45. The Bertz CT molecular complexity index is 920. The Labute approximate surface area is 154 Å². The summed E-state index contributed by atoms with van der Waals surface area (Å²) in [7, 11) is 0. The number of rotatable bonds is 5. The molecule has 0 radical (unpaired) electrons. The van der Waals surface area contributed by atoms with E-state index in [1.165, 1.54) is 0 Å². The van der Waals surface area contributed by atoms with Gasteiger partial charge in [-0.25, -0.2) is 5.43 Å². The van der Waals surface area contributed by atoms with Gasteiger partial charge >= 0.3 is 0 Å². The number of hydrogen-bond donors (Lipinski definition) is 1. The molecule has 0 bridgehead atoms. The molecule has 0 aliphatic heterocycles. The Morgan fingerprint density at radius 3 is 2.52 bits per heavy atom. The van der Waals surface area contributed by atoms with Crippen molar-refractivity contribution in [3.8, 4) is 5.75 Å². The van der Waals surface area contributed by atoms with E-state index in [1.807, 2.05) is 73.7 Å². The number of halogens is 1. The largest absolute Gasteiger partial charge is 0.484 e. The summed E-state index contributed by atoms with van der Waals surface area (Å²) in [5, 5.41) is 6.31. The van der Waals surface area contributed by atoms with Crippen molar-refractivity contribution in [2.24, 2.45) is 5.10 Å². The predicted octanol–water partition coefficient (Wildman–Crippen LogP) is 4.52. The lowest BCUT2D eigenvalue weighted by Crippen LogP contribution is -2.25. The molecule has 0 saturated heterocycles. The zero-order valence-corrected chi connectivity index (χ0v) is 15.3. The van der Waals surface area contributed by atoms with E-state index in [0.29, 0.717) is 5.75 Å². The minimum absolute atomic E-state index is 0.0878. The summed E-state index contributed by atoms with van der Waals surface area (Å²) in [6.45, 7) is 1.75. The molecule has 0 heterocycles. The highest BCUT2D eigenvalue weighted by molar-refractivity contribution is 9.10. The summed E-state index contributed by atoms with van der Waals surface area (Å²) in [6, 6.07) is 21.5. The number of ether oxygens (including phenoxy) is 1. The number of carbonyl (C=O) groups excluding carboxylic acids is 1. The third kappa shape index (κ3) is 4.67. The number of nitrogens with one attached hydrogen (secondary N) is 1. The Morgan fingerprint density at radius 1 is 1.04 bits per heavy atom. The topological polar surface area (TPSA) is 50.7 Å². The van der Waals surface area contributed by atoms with E-state index < -0.39 is 0 Å². The van der Waals surface area contributed by atoms with Crippen molar-refractivity contribution in [1.29, 1.82) is 0 Å². The van der Waals surface area contributed by atoms with Crippen LogP contribution in [-0.4, -0.2) is 18.2 Å². The van der Waals surface area contributed by atoms with Gasteiger partial charge in [0.05, 0.1) is 5.71 Å². The zero-order valence-electron chi connectivity index (χ0n) is 13.7. The van der Waals surface area contributed by atoms with Gasteiger partial charge in [-0.05, 0) is 47.5 Å². The molecular weight excluding hydrogens is 380 g/mol. The van der Waals surface area contributed by atoms with E-state index in [1.54, 1.807) is 0 Å². The number of benzene rings is 3. The molecule has 0 aromatic heterocycles. The van der Waals surface area contributed by atoms with Crippen molar-refractivity contribution in [3.05, 3.63) is 76.8 Å². The van der Waals surface area contributed by atoms with Gasteiger partial charge < -0.3 is 4.74 Å². The number of carbonyl (C=O) groups is 1. The highest BCUT2D eigenvalue weighted by Crippen LogP contribution is 2.20. The van der Waals surface area contributed by atoms with Crippen LogP contribution in [0.4, 0.5) is 0 Å². The molecule has 1 amide bonds. The Kier molecular flexibility index (Phi) is 5.46. The first kappa shape index (κ1) is 17.2. The van der Waals surface area contributed by atoms with Crippen LogP contribution in [0.15, 0.2) is 76.3 Å². The molecule has 3 aromatic carbocycles. The molecule has 25 heavy (non-hydrogen) atoms. The van der Waals surface area contributed by atoms with Crippen molar-refractivity contribution >= 4 is 38.3 Å². The van der Waals surface area contributed by atoms with Gasteiger partial charge in [0.2, 0.25) is 0 Å². The molecular formula is C20H17BrN2O2. The molecule has 0 fully saturated rings. The Hall–Kier alpha value is -2.66. The molecule has 4 nitrogen and oxygen atoms in total. The summed E-state index contributed by atoms with van der Waals surface area (Å²) in [4.78, 5) is 11.9. The lowest BCUT2D eigenvalue weighted by molar-refractivity contribution is -0.123. The molecule has 0 aliphatic carbocycles. The van der Waals surface area contributed by atoms with Gasteiger partial charge in [-0.1, -0.05) is 58.4 Å². The van der Waals surface area contributed by atoms with Gasteiger partial charge in [0.25, 0.3) is 5.91 Å². The molecule has 3 rings (SSSR count). The Balaban J connectivity index is 1.56. The van der Waals surface area contributed by atoms with Crippen LogP contribution in [0.25, 0.3) is 10.8 Å². The molecule has 0 spiro atoms. The third-order valence-corrected chi connectivity index (χ3v) is 4.23. The smallest absolute Gasteiger partial charge is 0.277 e. The predicted molar refractivity (Wildman–Crippen MR) is 104 cm³/mol. The molecule has 0 unspecified atom stereocenters. The SMILES string of the molecule is C/C(=N/NC(=O)COc1ccc2ccccc2c1)c1ccc(Br)cc1. The van der Waals surface area contributed by atoms with Crippen LogP contribution >= 0.6 is 15.9 Å². The molecule has 5 heteroatoms. The standard InChI is InChI=1S/C20H17BrN2O2/c1-14(15-6-9-18(21)10-7-15)22-23-20(24)13-25-19-11-8-16-4-2-3-5-17(16)12-19/h2-12H,13H2,1H3,(H,23,24)/b22-14-. The Morgan fingerprint density at radius 2 is 1.76 bits per heavy atom. The molecule has 3 aromatic rings. The molecule has 0 aliphatic rings. The van der Waals surface area contributed by atoms with Crippen molar-refractivity contribution in [1.82, 2.24) is 5.43 Å². The number of hydrogen-bond acceptors (Lipinski definition) is 3. The van der Waals surface area contributed by atoms with Crippen molar-refractivity contribution in [2.75, 3.05) is 6.61 Å². The maximum absolute atomic E-state index is 11.9. The maximum Gasteiger partial charge on any atom is 0.277 e. The first-order valence-electron chi connectivity index (χ1n) is 7.82. The van der Waals surface area contributed by atoms with Gasteiger partial charge in [0.1, 0.15) is 5.75 Å². The zero-order chi connectivity index (χ0) is 17.6. The molecule has 0 atom stereocenters. The van der Waals surface area contributed by atoms with E-state index in [-0.39, 0.29) is 12.5 Å². The van der Waals surface area contributed by atoms with Gasteiger partial charge in [-0.3, -0.25) is 4.79 Å². The van der Waals surface area contributed by atoms with Crippen LogP contribution in [0.2, 0.25) is 0 Å². The van der Waals surface area contributed by atoms with Crippen LogP contribution in [0.1, 0.15) is 12.5 Å². The van der Waals surface area contributed by atoms with Crippen LogP contribution in [0.5, 0.6) is 5.75 Å². The minimum Gasteiger partial charge on any atom is -0.484 e. The lowest BCUT2D eigenvalue weighted by Gasteiger charge is -2.07. The van der Waals surface area contributed by atoms with Crippen LogP contribution < -0.4 is 10.2 Å². The van der Waals surface area contributed by atoms with E-state index in [0.717, 1.165) is 26.5 Å². The van der Waals surface area contributed by atoms with Gasteiger partial charge in [-0.2, -0.15) is 5.10 Å². The van der Waals surface area contributed by atoms with Crippen molar-refractivity contribution in [3.63, 3.8) is 0 Å². The fourth-order valence-corrected chi connectivity index (χ4v) is 2.60. The first-order chi connectivity index (χ1) is 12.1. The number of fused-ring (bicyclic) bond motifs is 1. The summed E-state index contributed by atoms with van der Waals surface area (Å²) >= 11 is 3.39. The molecule has 1 N–H and O–H groups in total. The number of hydrazone groups is 1. The fraction of sp³-hybridized carbons (Fsp3) is 0.100. The maximum atomic E-state index is 11.9. The highest BCUT2D eigenvalue weighted by Gasteiger charge is 2.04. The number of amides is 1. The van der Waals surface area contributed by atoms with Crippen molar-refractivity contribution < 1.29 is 9.53 Å². The lowest BCUT2D eigenvalue weighted by atomic mass is 10.1. The van der Waals surface area contributed by atoms with Crippen molar-refractivity contribution in [2.45, 2.75) is 6.92 Å². The fourth-order valence-electron chi connectivity index (χ4n) is 2.34. The van der Waals surface area contributed by atoms with Crippen LogP contribution in [0, 0.1) is 0 Å². The summed E-state index contributed by atoms with van der Waals surface area (Å²) in [6.07, 6.45) is 0. The molecule has 0 saturated carbocycles. The highest BCUT2D eigenvalue weighted by atomic mass is 79.9. The number of nitrogens with zero attached hydrogens (tertiary/aromatic N) is 1. The molecule has 126 valence electrons.